The van der Waals surface area contributed by atoms with Crippen LogP contribution in [0.4, 0.5) is 0 Å². The maximum atomic E-state index is 11.9. The van der Waals surface area contributed by atoms with E-state index in [0.29, 0.717) is 11.4 Å². The van der Waals surface area contributed by atoms with Gasteiger partial charge >= 0.3 is 0 Å². The zero-order chi connectivity index (χ0) is 15.4. The van der Waals surface area contributed by atoms with Gasteiger partial charge in [0, 0.05) is 18.9 Å². The van der Waals surface area contributed by atoms with Crippen LogP contribution in [0.1, 0.15) is 20.2 Å². The Morgan fingerprint density at radius 1 is 1.32 bits per heavy atom. The van der Waals surface area contributed by atoms with Crippen molar-refractivity contribution < 1.29 is 4.79 Å². The summed E-state index contributed by atoms with van der Waals surface area (Å²) in [6.07, 6.45) is 6.08. The zero-order valence-electron chi connectivity index (χ0n) is 12.2. The smallest absolute Gasteiger partial charge is 0.263 e. The molecular formula is C16H16N4OS. The van der Waals surface area contributed by atoms with Gasteiger partial charge in [0.05, 0.1) is 16.9 Å². The van der Waals surface area contributed by atoms with Gasteiger partial charge < -0.3 is 5.32 Å². The number of carbonyl (C=O) groups excluding carboxylic acids is 1. The second-order valence-electron chi connectivity index (χ2n) is 4.87. The number of aromatic nitrogens is 3. The standard InChI is InChI=1S/C16H16N4OS/c1-12-18-11-15(22-12)16(21)17-9-7-13-3-5-14(6-4-13)20-10-2-8-19-20/h2-6,8,10-11H,7,9H2,1H3,(H,17,21). The quantitative estimate of drug-likeness (QED) is 0.788. The number of rotatable bonds is 5. The molecule has 3 rings (SSSR count). The highest BCUT2D eigenvalue weighted by atomic mass is 32.1. The maximum absolute atomic E-state index is 11.9. The number of carbonyl (C=O) groups is 1. The predicted octanol–water partition coefficient (Wildman–Crippen LogP) is 2.61. The van der Waals surface area contributed by atoms with Crippen LogP contribution in [0.5, 0.6) is 0 Å². The molecule has 3 aromatic rings. The van der Waals surface area contributed by atoms with Crippen LogP contribution < -0.4 is 5.32 Å². The van der Waals surface area contributed by atoms with Crippen molar-refractivity contribution in [3.05, 3.63) is 64.4 Å². The van der Waals surface area contributed by atoms with Gasteiger partial charge in [0.2, 0.25) is 0 Å². The first-order valence-electron chi connectivity index (χ1n) is 7.02. The molecule has 0 radical (unpaired) electrons. The first kappa shape index (κ1) is 14.5. The van der Waals surface area contributed by atoms with Crippen molar-refractivity contribution in [2.24, 2.45) is 0 Å². The van der Waals surface area contributed by atoms with Gasteiger partial charge in [-0.25, -0.2) is 9.67 Å². The lowest BCUT2D eigenvalue weighted by molar-refractivity contribution is 0.0958. The van der Waals surface area contributed by atoms with E-state index in [9.17, 15) is 4.79 Å². The van der Waals surface area contributed by atoms with Gasteiger partial charge in [-0.05, 0) is 37.1 Å². The molecule has 0 aliphatic rings. The van der Waals surface area contributed by atoms with Crippen molar-refractivity contribution in [3.8, 4) is 5.69 Å². The number of hydrogen-bond acceptors (Lipinski definition) is 4. The number of thiazole rings is 1. The van der Waals surface area contributed by atoms with Crippen LogP contribution in [0.25, 0.3) is 5.69 Å². The maximum Gasteiger partial charge on any atom is 0.263 e. The van der Waals surface area contributed by atoms with E-state index >= 15 is 0 Å². The first-order chi connectivity index (χ1) is 10.7. The number of benzene rings is 1. The molecule has 0 aliphatic heterocycles. The average molecular weight is 312 g/mol. The molecule has 22 heavy (non-hydrogen) atoms. The summed E-state index contributed by atoms with van der Waals surface area (Å²) >= 11 is 1.41. The average Bonchev–Trinajstić information content (AvgIpc) is 3.19. The van der Waals surface area contributed by atoms with Crippen LogP contribution >= 0.6 is 11.3 Å². The molecule has 1 amide bonds. The van der Waals surface area contributed by atoms with Crippen molar-refractivity contribution >= 4 is 17.2 Å². The molecule has 112 valence electrons. The molecule has 2 aromatic heterocycles. The molecule has 1 aromatic carbocycles. The molecule has 5 nitrogen and oxygen atoms in total. The van der Waals surface area contributed by atoms with E-state index in [1.54, 1.807) is 12.4 Å². The predicted molar refractivity (Wildman–Crippen MR) is 86.5 cm³/mol. The monoisotopic (exact) mass is 312 g/mol. The number of hydrogen-bond donors (Lipinski definition) is 1. The molecule has 0 saturated heterocycles. The van der Waals surface area contributed by atoms with Gasteiger partial charge in [0.15, 0.2) is 0 Å². The SMILES string of the molecule is Cc1ncc(C(=O)NCCc2ccc(-n3cccn3)cc2)s1. The lowest BCUT2D eigenvalue weighted by atomic mass is 10.1. The van der Waals surface area contributed by atoms with Gasteiger partial charge in [-0.15, -0.1) is 11.3 Å². The van der Waals surface area contributed by atoms with E-state index < -0.39 is 0 Å². The topological polar surface area (TPSA) is 59.8 Å². The summed E-state index contributed by atoms with van der Waals surface area (Å²) in [5, 5.41) is 8.01. The molecule has 0 spiro atoms. The molecule has 1 N–H and O–H groups in total. The molecule has 0 fully saturated rings. The van der Waals surface area contributed by atoms with Gasteiger partial charge in [-0.1, -0.05) is 12.1 Å². The Morgan fingerprint density at radius 2 is 2.14 bits per heavy atom. The van der Waals surface area contributed by atoms with Crippen LogP contribution in [0.15, 0.2) is 48.9 Å². The summed E-state index contributed by atoms with van der Waals surface area (Å²) in [4.78, 5) is 16.7. The minimum atomic E-state index is -0.0567. The summed E-state index contributed by atoms with van der Waals surface area (Å²) in [7, 11) is 0. The molecule has 0 aliphatic carbocycles. The number of amides is 1. The number of aryl methyl sites for hydroxylation is 1. The van der Waals surface area contributed by atoms with Crippen molar-refractivity contribution in [3.63, 3.8) is 0 Å². The van der Waals surface area contributed by atoms with Crippen LogP contribution in [-0.2, 0) is 6.42 Å². The van der Waals surface area contributed by atoms with E-state index in [-0.39, 0.29) is 5.91 Å². The summed E-state index contributed by atoms with van der Waals surface area (Å²) in [6.45, 7) is 2.50. The summed E-state index contributed by atoms with van der Waals surface area (Å²) < 4.78 is 1.82. The highest BCUT2D eigenvalue weighted by Crippen LogP contribution is 2.11. The third-order valence-corrected chi connectivity index (χ3v) is 4.16. The number of nitrogens with zero attached hydrogens (tertiary/aromatic N) is 3. The normalized spacial score (nSPS) is 10.6. The first-order valence-corrected chi connectivity index (χ1v) is 7.83. The molecule has 0 saturated carbocycles. The fourth-order valence-corrected chi connectivity index (χ4v) is 2.80. The second-order valence-corrected chi connectivity index (χ2v) is 6.10. The molecule has 0 atom stereocenters. The summed E-state index contributed by atoms with van der Waals surface area (Å²) in [5.74, 6) is -0.0567. The lowest BCUT2D eigenvalue weighted by Crippen LogP contribution is -2.24. The van der Waals surface area contributed by atoms with Gasteiger partial charge in [-0.3, -0.25) is 4.79 Å². The molecule has 2 heterocycles. The van der Waals surface area contributed by atoms with E-state index in [4.69, 9.17) is 0 Å². The van der Waals surface area contributed by atoms with Gasteiger partial charge in [0.25, 0.3) is 5.91 Å². The minimum Gasteiger partial charge on any atom is -0.351 e. The Labute approximate surface area is 132 Å². The van der Waals surface area contributed by atoms with E-state index in [1.807, 2.05) is 36.0 Å². The fraction of sp³-hybridized carbons (Fsp3) is 0.188. The van der Waals surface area contributed by atoms with E-state index in [1.165, 1.54) is 16.9 Å². The number of nitrogens with one attached hydrogen (secondary N) is 1. The minimum absolute atomic E-state index is 0.0567. The lowest BCUT2D eigenvalue weighted by Gasteiger charge is -2.05. The van der Waals surface area contributed by atoms with Crippen LogP contribution in [-0.4, -0.2) is 27.2 Å². The Hall–Kier alpha value is -2.47. The van der Waals surface area contributed by atoms with Crippen molar-refractivity contribution in [1.82, 2.24) is 20.1 Å². The fourth-order valence-electron chi connectivity index (χ4n) is 2.11. The molecule has 6 heteroatoms. The molecule has 0 unspecified atom stereocenters. The van der Waals surface area contributed by atoms with E-state index in [2.05, 4.69) is 27.5 Å². The van der Waals surface area contributed by atoms with Crippen molar-refractivity contribution in [2.75, 3.05) is 6.54 Å². The van der Waals surface area contributed by atoms with Crippen LogP contribution in [0, 0.1) is 6.92 Å². The second kappa shape index (κ2) is 6.53. The van der Waals surface area contributed by atoms with Crippen LogP contribution in [0.2, 0.25) is 0 Å². The zero-order valence-corrected chi connectivity index (χ0v) is 13.0. The Balaban J connectivity index is 1.52. The van der Waals surface area contributed by atoms with Crippen LogP contribution in [0.3, 0.4) is 0 Å². The third-order valence-electron chi connectivity index (χ3n) is 3.25. The van der Waals surface area contributed by atoms with Crippen molar-refractivity contribution in [2.45, 2.75) is 13.3 Å². The molecule has 0 bridgehead atoms. The van der Waals surface area contributed by atoms with Gasteiger partial charge in [-0.2, -0.15) is 5.10 Å². The highest BCUT2D eigenvalue weighted by Gasteiger charge is 2.08. The molecular weight excluding hydrogens is 296 g/mol. The van der Waals surface area contributed by atoms with Gasteiger partial charge in [0.1, 0.15) is 4.88 Å². The highest BCUT2D eigenvalue weighted by molar-refractivity contribution is 7.13. The Kier molecular flexibility index (Phi) is 4.29. The Bertz CT molecular complexity index is 747. The summed E-state index contributed by atoms with van der Waals surface area (Å²) in [5.41, 5.74) is 2.20. The van der Waals surface area contributed by atoms with E-state index in [0.717, 1.165) is 17.1 Å². The largest absolute Gasteiger partial charge is 0.351 e. The third kappa shape index (κ3) is 3.40. The Morgan fingerprint density at radius 3 is 2.77 bits per heavy atom. The van der Waals surface area contributed by atoms with Crippen molar-refractivity contribution in [1.29, 1.82) is 0 Å². The summed E-state index contributed by atoms with van der Waals surface area (Å²) in [6, 6.07) is 10.1.